The lowest BCUT2D eigenvalue weighted by Crippen LogP contribution is -2.32. The molecule has 3 N–H and O–H groups in total. The van der Waals surface area contributed by atoms with E-state index < -0.39 is 0 Å². The minimum absolute atomic E-state index is 0.00201. The molecule has 0 bridgehead atoms. The Labute approximate surface area is 131 Å². The molecule has 1 atom stereocenters. The van der Waals surface area contributed by atoms with Crippen molar-refractivity contribution < 1.29 is 9.53 Å². The van der Waals surface area contributed by atoms with Crippen LogP contribution in [0.1, 0.15) is 29.7 Å². The van der Waals surface area contributed by atoms with Crippen LogP contribution in [0.15, 0.2) is 48.5 Å². The van der Waals surface area contributed by atoms with Crippen molar-refractivity contribution in [1.82, 2.24) is 5.32 Å². The van der Waals surface area contributed by atoms with Crippen molar-refractivity contribution in [3.63, 3.8) is 0 Å². The summed E-state index contributed by atoms with van der Waals surface area (Å²) in [5, 5.41) is 2.82. The van der Waals surface area contributed by atoms with Crippen molar-refractivity contribution in [2.45, 2.75) is 26.5 Å². The maximum absolute atomic E-state index is 11.3. The molecule has 0 heterocycles. The summed E-state index contributed by atoms with van der Waals surface area (Å²) in [5.74, 6) is 0.648. The number of carbonyl (C=O) groups is 1. The van der Waals surface area contributed by atoms with Gasteiger partial charge < -0.3 is 15.8 Å². The Balaban J connectivity index is 1.93. The number of benzene rings is 2. The highest BCUT2D eigenvalue weighted by molar-refractivity contribution is 5.78. The molecule has 2 aromatic rings. The highest BCUT2D eigenvalue weighted by Crippen LogP contribution is 2.18. The first-order chi connectivity index (χ1) is 10.6. The van der Waals surface area contributed by atoms with Crippen molar-refractivity contribution in [2.24, 2.45) is 5.73 Å². The second-order valence-corrected chi connectivity index (χ2v) is 5.34. The van der Waals surface area contributed by atoms with Gasteiger partial charge in [-0.15, -0.1) is 0 Å². The zero-order valence-corrected chi connectivity index (χ0v) is 13.0. The zero-order chi connectivity index (χ0) is 15.9. The van der Waals surface area contributed by atoms with Crippen LogP contribution < -0.4 is 15.8 Å². The fourth-order valence-corrected chi connectivity index (χ4v) is 2.21. The molecule has 22 heavy (non-hydrogen) atoms. The largest absolute Gasteiger partial charge is 0.489 e. The summed E-state index contributed by atoms with van der Waals surface area (Å²) >= 11 is 0. The van der Waals surface area contributed by atoms with Crippen LogP contribution >= 0.6 is 0 Å². The number of ether oxygens (including phenoxy) is 1. The maximum atomic E-state index is 11.3. The molecule has 1 unspecified atom stereocenters. The molecule has 116 valence electrons. The summed E-state index contributed by atoms with van der Waals surface area (Å²) in [5.41, 5.74) is 8.68. The third kappa shape index (κ3) is 4.60. The number of hydrogen-bond acceptors (Lipinski definition) is 3. The molecular weight excluding hydrogens is 276 g/mol. The van der Waals surface area contributed by atoms with E-state index in [2.05, 4.69) is 24.4 Å². The van der Waals surface area contributed by atoms with E-state index in [1.165, 1.54) is 5.56 Å². The van der Waals surface area contributed by atoms with Gasteiger partial charge in [-0.25, -0.2) is 0 Å². The van der Waals surface area contributed by atoms with Gasteiger partial charge in [0.25, 0.3) is 0 Å². The molecule has 0 fully saturated rings. The van der Waals surface area contributed by atoms with Crippen LogP contribution in [0.4, 0.5) is 0 Å². The van der Waals surface area contributed by atoms with Crippen molar-refractivity contribution >= 4 is 5.91 Å². The Morgan fingerprint density at radius 1 is 1.23 bits per heavy atom. The number of carbonyl (C=O) groups excluding carboxylic acids is 1. The van der Waals surface area contributed by atoms with Gasteiger partial charge in [0.2, 0.25) is 5.91 Å². The number of nitrogens with one attached hydrogen (secondary N) is 1. The minimum atomic E-state index is -0.160. The number of rotatable bonds is 6. The van der Waals surface area contributed by atoms with Crippen molar-refractivity contribution in [3.8, 4) is 5.75 Å². The summed E-state index contributed by atoms with van der Waals surface area (Å²) in [6, 6.07) is 15.9. The van der Waals surface area contributed by atoms with E-state index in [4.69, 9.17) is 10.5 Å². The monoisotopic (exact) mass is 298 g/mol. The van der Waals surface area contributed by atoms with E-state index >= 15 is 0 Å². The molecule has 0 saturated carbocycles. The van der Waals surface area contributed by atoms with Crippen LogP contribution in [0.5, 0.6) is 5.75 Å². The fourth-order valence-electron chi connectivity index (χ4n) is 2.21. The van der Waals surface area contributed by atoms with E-state index in [9.17, 15) is 4.79 Å². The lowest BCUT2D eigenvalue weighted by atomic mass is 10.1. The van der Waals surface area contributed by atoms with Crippen LogP contribution in [0, 0.1) is 6.92 Å². The molecule has 0 spiro atoms. The molecule has 2 rings (SSSR count). The average molecular weight is 298 g/mol. The van der Waals surface area contributed by atoms with E-state index in [0.717, 1.165) is 16.9 Å². The summed E-state index contributed by atoms with van der Waals surface area (Å²) in [6.45, 7) is 4.54. The van der Waals surface area contributed by atoms with Gasteiger partial charge in [-0.1, -0.05) is 42.0 Å². The lowest BCUT2D eigenvalue weighted by Gasteiger charge is -2.14. The average Bonchev–Trinajstić information content (AvgIpc) is 2.53. The molecule has 0 aliphatic heterocycles. The number of nitrogens with two attached hydrogens (primary N) is 1. The van der Waals surface area contributed by atoms with Gasteiger partial charge in [-0.05, 0) is 37.1 Å². The second-order valence-electron chi connectivity index (χ2n) is 5.34. The summed E-state index contributed by atoms with van der Waals surface area (Å²) in [6.07, 6.45) is 0. The molecule has 2 aromatic carbocycles. The third-order valence-electron chi connectivity index (χ3n) is 3.43. The topological polar surface area (TPSA) is 64.3 Å². The van der Waals surface area contributed by atoms with Crippen LogP contribution in [-0.2, 0) is 11.4 Å². The third-order valence-corrected chi connectivity index (χ3v) is 3.43. The lowest BCUT2D eigenvalue weighted by molar-refractivity contribution is -0.120. The quantitative estimate of drug-likeness (QED) is 0.862. The minimum Gasteiger partial charge on any atom is -0.489 e. The van der Waals surface area contributed by atoms with Gasteiger partial charge in [0.05, 0.1) is 12.6 Å². The molecule has 1 amide bonds. The first kappa shape index (κ1) is 16.0. The molecular formula is C18H22N2O2. The van der Waals surface area contributed by atoms with Crippen LogP contribution in [-0.4, -0.2) is 12.5 Å². The molecule has 4 nitrogen and oxygen atoms in total. The molecule has 0 radical (unpaired) electrons. The molecule has 0 aromatic heterocycles. The Kier molecular flexibility index (Phi) is 5.55. The summed E-state index contributed by atoms with van der Waals surface area (Å²) in [4.78, 5) is 11.3. The molecule has 0 aliphatic rings. The van der Waals surface area contributed by atoms with E-state index in [1.54, 1.807) is 0 Å². The van der Waals surface area contributed by atoms with Gasteiger partial charge in [0.1, 0.15) is 12.4 Å². The van der Waals surface area contributed by atoms with Crippen molar-refractivity contribution in [3.05, 3.63) is 65.2 Å². The molecule has 0 saturated heterocycles. The summed E-state index contributed by atoms with van der Waals surface area (Å²) in [7, 11) is 0. The van der Waals surface area contributed by atoms with Crippen molar-refractivity contribution in [1.29, 1.82) is 0 Å². The number of aryl methyl sites for hydroxylation is 1. The van der Waals surface area contributed by atoms with Crippen LogP contribution in [0.2, 0.25) is 0 Å². The number of hydrogen-bond donors (Lipinski definition) is 2. The Morgan fingerprint density at radius 3 is 2.59 bits per heavy atom. The zero-order valence-electron chi connectivity index (χ0n) is 13.0. The van der Waals surface area contributed by atoms with E-state index in [-0.39, 0.29) is 18.5 Å². The predicted octanol–water partition coefficient (Wildman–Crippen LogP) is 2.71. The van der Waals surface area contributed by atoms with E-state index in [1.807, 2.05) is 43.3 Å². The van der Waals surface area contributed by atoms with Gasteiger partial charge in [0, 0.05) is 0 Å². The Bertz CT molecular complexity index is 623. The standard InChI is InChI=1S/C18H22N2O2/c1-13-4-3-5-15(10-13)12-22-17-8-6-16(7-9-17)14(2)20-18(21)11-19/h3-10,14H,11-12,19H2,1-2H3,(H,20,21). The van der Waals surface area contributed by atoms with Crippen LogP contribution in [0.3, 0.4) is 0 Å². The van der Waals surface area contributed by atoms with Gasteiger partial charge >= 0.3 is 0 Å². The van der Waals surface area contributed by atoms with Gasteiger partial charge in [-0.3, -0.25) is 4.79 Å². The predicted molar refractivity (Wildman–Crippen MR) is 87.6 cm³/mol. The highest BCUT2D eigenvalue weighted by Gasteiger charge is 2.08. The van der Waals surface area contributed by atoms with E-state index in [0.29, 0.717) is 6.61 Å². The normalized spacial score (nSPS) is 11.8. The first-order valence-corrected chi connectivity index (χ1v) is 7.36. The smallest absolute Gasteiger partial charge is 0.234 e. The second kappa shape index (κ2) is 7.61. The fraction of sp³-hybridized carbons (Fsp3) is 0.278. The maximum Gasteiger partial charge on any atom is 0.234 e. The SMILES string of the molecule is Cc1cccc(COc2ccc(C(C)NC(=O)CN)cc2)c1. The molecule has 0 aliphatic carbocycles. The summed E-state index contributed by atoms with van der Waals surface area (Å²) < 4.78 is 5.78. The molecule has 4 heteroatoms. The van der Waals surface area contributed by atoms with Crippen LogP contribution in [0.25, 0.3) is 0 Å². The van der Waals surface area contributed by atoms with Gasteiger partial charge in [-0.2, -0.15) is 0 Å². The number of amides is 1. The Hall–Kier alpha value is -2.33. The highest BCUT2D eigenvalue weighted by atomic mass is 16.5. The van der Waals surface area contributed by atoms with Crippen molar-refractivity contribution in [2.75, 3.05) is 6.54 Å². The van der Waals surface area contributed by atoms with Gasteiger partial charge in [0.15, 0.2) is 0 Å². The first-order valence-electron chi connectivity index (χ1n) is 7.36. The Morgan fingerprint density at radius 2 is 1.95 bits per heavy atom.